The van der Waals surface area contributed by atoms with E-state index in [1.165, 1.54) is 6.08 Å². The van der Waals surface area contributed by atoms with Crippen molar-refractivity contribution in [1.29, 1.82) is 0 Å². The number of amides is 1. The minimum absolute atomic E-state index is 0. The highest BCUT2D eigenvalue weighted by Gasteiger charge is 2.22. The Labute approximate surface area is 99.9 Å². The molecule has 0 aromatic rings. The van der Waals surface area contributed by atoms with Crippen LogP contribution in [0.3, 0.4) is 0 Å². The second-order valence-electron chi connectivity index (χ2n) is 3.80. The van der Waals surface area contributed by atoms with Crippen LogP contribution in [0.4, 0.5) is 0 Å². The molecule has 3 nitrogen and oxygen atoms in total. The quantitative estimate of drug-likeness (QED) is 0.423. The maximum atomic E-state index is 11.6. The lowest BCUT2D eigenvalue weighted by molar-refractivity contribution is -0.129. The molecule has 0 aromatic carbocycles. The third-order valence-corrected chi connectivity index (χ3v) is 2.07. The fourth-order valence-electron chi connectivity index (χ4n) is 1.11. The molecule has 0 rings (SSSR count). The Balaban J connectivity index is 0. The molecule has 0 fully saturated rings. The van der Waals surface area contributed by atoms with Crippen LogP contribution in [0.2, 0.25) is 5.82 Å². The number of allylic oxidation sites excluding steroid dienone is 2. The summed E-state index contributed by atoms with van der Waals surface area (Å²) in [5.41, 5.74) is 0.583. The van der Waals surface area contributed by atoms with Crippen molar-refractivity contribution in [3.63, 3.8) is 0 Å². The number of hydrogen-bond acceptors (Lipinski definition) is 2. The minimum atomic E-state index is -1.11. The zero-order valence-electron chi connectivity index (χ0n) is 10.1. The molecule has 0 aromatic heterocycles. The van der Waals surface area contributed by atoms with Gasteiger partial charge in [0.2, 0.25) is 5.91 Å². The highest BCUT2D eigenvalue weighted by molar-refractivity contribution is 6.36. The molecule has 0 saturated heterocycles. The largest absolute Gasteiger partial charge is 0.326 e. The summed E-state index contributed by atoms with van der Waals surface area (Å²) in [6, 6.07) is 0. The van der Waals surface area contributed by atoms with Crippen molar-refractivity contribution in [2.45, 2.75) is 33.0 Å². The Morgan fingerprint density at radius 3 is 2.44 bits per heavy atom. The predicted octanol–water partition coefficient (Wildman–Crippen LogP) is 2.01. The summed E-state index contributed by atoms with van der Waals surface area (Å²) in [5.74, 6) is -2.11. The van der Waals surface area contributed by atoms with Gasteiger partial charge < -0.3 is 5.32 Å². The first-order valence-electron chi connectivity index (χ1n) is 5.36. The SMILES string of the molecule is [B]C(C(=O)N/C(C=C)=C/CC)C(=O)C(C)C.[HH]. The smallest absolute Gasteiger partial charge is 0.225 e. The van der Waals surface area contributed by atoms with Gasteiger partial charge in [0, 0.05) is 13.0 Å². The summed E-state index contributed by atoms with van der Waals surface area (Å²) >= 11 is 0. The zero-order valence-corrected chi connectivity index (χ0v) is 10.1. The molecule has 88 valence electrons. The van der Waals surface area contributed by atoms with Gasteiger partial charge >= 0.3 is 0 Å². The van der Waals surface area contributed by atoms with E-state index in [4.69, 9.17) is 7.85 Å². The van der Waals surface area contributed by atoms with Crippen LogP contribution in [0, 0.1) is 5.92 Å². The average molecular weight is 221 g/mol. The lowest BCUT2D eigenvalue weighted by atomic mass is 9.79. The second-order valence-corrected chi connectivity index (χ2v) is 3.80. The Hall–Kier alpha value is -1.32. The number of hydrogen-bond donors (Lipinski definition) is 1. The molecule has 0 heterocycles. The number of ketones is 1. The van der Waals surface area contributed by atoms with Gasteiger partial charge in [-0.2, -0.15) is 0 Å². The average Bonchev–Trinajstić information content (AvgIpc) is 2.25. The van der Waals surface area contributed by atoms with Crippen LogP contribution in [-0.2, 0) is 9.59 Å². The number of carbonyl (C=O) groups is 2. The molecular weight excluding hydrogens is 201 g/mol. The van der Waals surface area contributed by atoms with Gasteiger partial charge in [0.15, 0.2) is 0 Å². The van der Waals surface area contributed by atoms with E-state index in [1.54, 1.807) is 19.9 Å². The minimum Gasteiger partial charge on any atom is -0.326 e. The maximum Gasteiger partial charge on any atom is 0.225 e. The Kier molecular flexibility index (Phi) is 6.46. The molecule has 0 bridgehead atoms. The zero-order chi connectivity index (χ0) is 12.7. The molecule has 0 saturated carbocycles. The summed E-state index contributed by atoms with van der Waals surface area (Å²) in [4.78, 5) is 23.1. The third kappa shape index (κ3) is 4.47. The van der Waals surface area contributed by atoms with Crippen molar-refractivity contribution >= 4 is 19.5 Å². The fourth-order valence-corrected chi connectivity index (χ4v) is 1.11. The molecule has 1 amide bonds. The van der Waals surface area contributed by atoms with E-state index in [2.05, 4.69) is 11.9 Å². The first kappa shape index (κ1) is 14.7. The predicted molar refractivity (Wildman–Crippen MR) is 68.2 cm³/mol. The normalized spacial score (nSPS) is 13.4. The number of nitrogens with one attached hydrogen (secondary N) is 1. The van der Waals surface area contributed by atoms with Crippen LogP contribution in [0.25, 0.3) is 0 Å². The van der Waals surface area contributed by atoms with Gasteiger partial charge in [-0.15, -0.1) is 0 Å². The van der Waals surface area contributed by atoms with Gasteiger partial charge in [0.1, 0.15) is 5.78 Å². The van der Waals surface area contributed by atoms with E-state index in [1.807, 2.05) is 6.92 Å². The summed E-state index contributed by atoms with van der Waals surface area (Å²) in [5, 5.41) is 2.56. The molecule has 0 spiro atoms. The van der Waals surface area contributed by atoms with Crippen molar-refractivity contribution in [3.8, 4) is 0 Å². The molecule has 4 heteroatoms. The highest BCUT2D eigenvalue weighted by Crippen LogP contribution is 2.10. The molecule has 0 aliphatic rings. The van der Waals surface area contributed by atoms with E-state index in [9.17, 15) is 9.59 Å². The monoisotopic (exact) mass is 221 g/mol. The van der Waals surface area contributed by atoms with E-state index in [0.717, 1.165) is 6.42 Å². The summed E-state index contributed by atoms with van der Waals surface area (Å²) in [6.45, 7) is 8.93. The molecule has 16 heavy (non-hydrogen) atoms. The van der Waals surface area contributed by atoms with Crippen molar-refractivity contribution in [3.05, 3.63) is 24.4 Å². The number of rotatable bonds is 6. The summed E-state index contributed by atoms with van der Waals surface area (Å²) in [6.07, 6.45) is 4.10. The summed E-state index contributed by atoms with van der Waals surface area (Å²) < 4.78 is 0. The van der Waals surface area contributed by atoms with Crippen LogP contribution in [-0.4, -0.2) is 19.5 Å². The Morgan fingerprint density at radius 1 is 1.50 bits per heavy atom. The van der Waals surface area contributed by atoms with Gasteiger partial charge in [-0.3, -0.25) is 9.59 Å². The first-order valence-corrected chi connectivity index (χ1v) is 5.36. The third-order valence-electron chi connectivity index (χ3n) is 2.07. The topological polar surface area (TPSA) is 46.2 Å². The van der Waals surface area contributed by atoms with Gasteiger partial charge in [-0.05, 0) is 12.5 Å². The fraction of sp³-hybridized carbons (Fsp3) is 0.500. The van der Waals surface area contributed by atoms with E-state index >= 15 is 0 Å². The molecule has 0 aliphatic carbocycles. The molecule has 0 aliphatic heterocycles. The molecule has 1 atom stereocenters. The molecule has 2 radical (unpaired) electrons. The van der Waals surface area contributed by atoms with E-state index in [-0.39, 0.29) is 13.1 Å². The lowest BCUT2D eigenvalue weighted by Crippen LogP contribution is -2.32. The summed E-state index contributed by atoms with van der Waals surface area (Å²) in [7, 11) is 5.54. The highest BCUT2D eigenvalue weighted by atomic mass is 16.2. The second kappa shape index (κ2) is 7.04. The van der Waals surface area contributed by atoms with Crippen molar-refractivity contribution in [2.24, 2.45) is 5.92 Å². The Morgan fingerprint density at radius 2 is 2.06 bits per heavy atom. The van der Waals surface area contributed by atoms with Crippen LogP contribution < -0.4 is 5.32 Å². The van der Waals surface area contributed by atoms with Gasteiger partial charge in [-0.25, -0.2) is 0 Å². The van der Waals surface area contributed by atoms with Gasteiger partial charge in [-0.1, -0.05) is 33.4 Å². The Bertz CT molecular complexity index is 314. The lowest BCUT2D eigenvalue weighted by Gasteiger charge is -2.14. The van der Waals surface area contributed by atoms with Crippen LogP contribution in [0.5, 0.6) is 0 Å². The molecule has 1 unspecified atom stereocenters. The van der Waals surface area contributed by atoms with Gasteiger partial charge in [0.25, 0.3) is 0 Å². The van der Waals surface area contributed by atoms with Crippen molar-refractivity contribution in [1.82, 2.24) is 5.32 Å². The number of carbonyl (C=O) groups excluding carboxylic acids is 2. The van der Waals surface area contributed by atoms with Crippen LogP contribution in [0.1, 0.15) is 28.6 Å². The standard InChI is InChI=1S/C12H18BNO2.H2/c1-5-7-9(6-2)14-12(16)10(13)11(15)8(3)4;/h6-8,10H,2,5H2,1,3-4H3,(H,14,16);1H/b9-7+;. The number of Topliss-reactive ketones (excluding diaryl/α,β-unsaturated/α-hetero) is 1. The van der Waals surface area contributed by atoms with Crippen molar-refractivity contribution < 1.29 is 11.0 Å². The maximum absolute atomic E-state index is 11.6. The van der Waals surface area contributed by atoms with Crippen LogP contribution >= 0.6 is 0 Å². The van der Waals surface area contributed by atoms with Crippen LogP contribution in [0.15, 0.2) is 24.4 Å². The van der Waals surface area contributed by atoms with E-state index < -0.39 is 11.7 Å². The molecular formula is C12H20BNO2. The van der Waals surface area contributed by atoms with Gasteiger partial charge in [0.05, 0.1) is 13.7 Å². The van der Waals surface area contributed by atoms with E-state index in [0.29, 0.717) is 5.70 Å². The first-order chi connectivity index (χ1) is 7.43. The molecule has 1 N–H and O–H groups in total. The van der Waals surface area contributed by atoms with Crippen molar-refractivity contribution in [2.75, 3.05) is 0 Å².